The van der Waals surface area contributed by atoms with Gasteiger partial charge in [-0.15, -0.1) is 0 Å². The van der Waals surface area contributed by atoms with Crippen LogP contribution in [0.15, 0.2) is 24.3 Å². The molecular weight excluding hydrogens is 272 g/mol. The second kappa shape index (κ2) is 7.09. The lowest BCUT2D eigenvalue weighted by Gasteiger charge is -2.28. The first-order valence-corrected chi connectivity index (χ1v) is 7.75. The zero-order valence-electron chi connectivity index (χ0n) is 11.9. The summed E-state index contributed by atoms with van der Waals surface area (Å²) in [4.78, 5) is 12.3. The Labute approximate surface area is 125 Å². The number of hydrogen-bond acceptors (Lipinski definition) is 2. The number of nitrogens with one attached hydrogen (secondary N) is 1. The maximum Gasteiger partial charge on any atom is 0.224 e. The second-order valence-corrected chi connectivity index (χ2v) is 6.17. The van der Waals surface area contributed by atoms with Crippen LogP contribution >= 0.6 is 11.6 Å². The number of rotatable bonds is 4. The van der Waals surface area contributed by atoms with E-state index < -0.39 is 0 Å². The summed E-state index contributed by atoms with van der Waals surface area (Å²) in [5, 5.41) is 3.83. The molecule has 110 valence electrons. The van der Waals surface area contributed by atoms with Gasteiger partial charge >= 0.3 is 0 Å². The molecule has 3 unspecified atom stereocenters. The van der Waals surface area contributed by atoms with E-state index in [2.05, 4.69) is 5.32 Å². The van der Waals surface area contributed by atoms with Crippen molar-refractivity contribution in [3.63, 3.8) is 0 Å². The van der Waals surface area contributed by atoms with Crippen molar-refractivity contribution in [2.24, 2.45) is 11.7 Å². The highest BCUT2D eigenvalue weighted by atomic mass is 35.5. The Morgan fingerprint density at radius 3 is 2.80 bits per heavy atom. The molecule has 0 heterocycles. The lowest BCUT2D eigenvalue weighted by molar-refractivity contribution is -0.127. The molecule has 20 heavy (non-hydrogen) atoms. The molecule has 0 radical (unpaired) electrons. The van der Waals surface area contributed by atoms with E-state index in [4.69, 9.17) is 17.3 Å². The summed E-state index contributed by atoms with van der Waals surface area (Å²) < 4.78 is 0. The van der Waals surface area contributed by atoms with Crippen molar-refractivity contribution < 1.29 is 4.79 Å². The third-order valence-corrected chi connectivity index (χ3v) is 4.40. The Morgan fingerprint density at radius 2 is 2.10 bits per heavy atom. The maximum atomic E-state index is 12.3. The van der Waals surface area contributed by atoms with Crippen LogP contribution in [0.2, 0.25) is 5.02 Å². The average Bonchev–Trinajstić information content (AvgIpc) is 2.41. The molecule has 0 spiro atoms. The molecule has 1 saturated carbocycles. The van der Waals surface area contributed by atoms with Crippen LogP contribution in [0.1, 0.15) is 38.2 Å². The molecule has 1 amide bonds. The third-order valence-electron chi connectivity index (χ3n) is 4.03. The van der Waals surface area contributed by atoms with Crippen LogP contribution in [-0.4, -0.2) is 18.0 Å². The highest BCUT2D eigenvalue weighted by molar-refractivity contribution is 6.31. The van der Waals surface area contributed by atoms with Crippen LogP contribution < -0.4 is 11.1 Å². The molecule has 2 rings (SSSR count). The van der Waals surface area contributed by atoms with Gasteiger partial charge in [-0.05, 0) is 37.8 Å². The van der Waals surface area contributed by atoms with Crippen LogP contribution in [0.5, 0.6) is 0 Å². The van der Waals surface area contributed by atoms with Gasteiger partial charge in [0.1, 0.15) is 0 Å². The smallest absolute Gasteiger partial charge is 0.224 e. The zero-order chi connectivity index (χ0) is 14.5. The molecule has 0 saturated heterocycles. The van der Waals surface area contributed by atoms with Gasteiger partial charge in [0.2, 0.25) is 5.91 Å². The summed E-state index contributed by atoms with van der Waals surface area (Å²) in [7, 11) is 0. The van der Waals surface area contributed by atoms with Gasteiger partial charge in [0.05, 0.1) is 5.92 Å². The molecule has 4 heteroatoms. The lowest BCUT2D eigenvalue weighted by atomic mass is 9.84. The van der Waals surface area contributed by atoms with Gasteiger partial charge < -0.3 is 11.1 Å². The van der Waals surface area contributed by atoms with Gasteiger partial charge in [0, 0.05) is 17.1 Å². The van der Waals surface area contributed by atoms with E-state index in [0.29, 0.717) is 0 Å². The number of benzene rings is 1. The van der Waals surface area contributed by atoms with Gasteiger partial charge in [0.15, 0.2) is 0 Å². The first-order chi connectivity index (χ1) is 9.58. The highest BCUT2D eigenvalue weighted by Crippen LogP contribution is 2.23. The number of hydrogen-bond donors (Lipinski definition) is 2. The topological polar surface area (TPSA) is 55.1 Å². The maximum absolute atomic E-state index is 12.3. The standard InChI is InChI=1S/C16H23ClN2O/c1-11(10-12-6-2-4-8-14(12)17)19-16(20)13-7-3-5-9-15(13)18/h2,4,6,8,11,13,15H,3,5,7,9-10,18H2,1H3,(H,19,20). The normalized spacial score (nSPS) is 24.1. The number of nitrogens with two attached hydrogens (primary N) is 1. The van der Waals surface area contributed by atoms with Gasteiger partial charge in [0.25, 0.3) is 0 Å². The monoisotopic (exact) mass is 294 g/mol. The van der Waals surface area contributed by atoms with Crippen LogP contribution in [0.4, 0.5) is 0 Å². The molecule has 0 bridgehead atoms. The van der Waals surface area contributed by atoms with E-state index >= 15 is 0 Å². The first kappa shape index (κ1) is 15.3. The van der Waals surface area contributed by atoms with Gasteiger partial charge in [-0.25, -0.2) is 0 Å². The van der Waals surface area contributed by atoms with E-state index in [1.165, 1.54) is 0 Å². The predicted octanol–water partition coefficient (Wildman–Crippen LogP) is 2.90. The van der Waals surface area contributed by atoms with E-state index in [0.717, 1.165) is 42.7 Å². The molecule has 0 aliphatic heterocycles. The minimum Gasteiger partial charge on any atom is -0.353 e. The summed E-state index contributed by atoms with van der Waals surface area (Å²) >= 11 is 6.14. The Bertz CT molecular complexity index is 464. The van der Waals surface area contributed by atoms with Crippen molar-refractivity contribution in [1.82, 2.24) is 5.32 Å². The molecule has 1 aromatic rings. The fourth-order valence-electron chi connectivity index (χ4n) is 2.88. The SMILES string of the molecule is CC(Cc1ccccc1Cl)NC(=O)C1CCCCC1N. The molecule has 3 N–H and O–H groups in total. The predicted molar refractivity (Wildman–Crippen MR) is 82.7 cm³/mol. The summed E-state index contributed by atoms with van der Waals surface area (Å²) in [6, 6.07) is 7.83. The number of halogens is 1. The lowest BCUT2D eigenvalue weighted by Crippen LogP contribution is -2.46. The molecule has 1 aliphatic rings. The van der Waals surface area contributed by atoms with E-state index in [9.17, 15) is 4.79 Å². The Morgan fingerprint density at radius 1 is 1.40 bits per heavy atom. The Balaban J connectivity index is 1.89. The van der Waals surface area contributed by atoms with E-state index in [-0.39, 0.29) is 23.9 Å². The third kappa shape index (κ3) is 3.97. The molecule has 3 nitrogen and oxygen atoms in total. The summed E-state index contributed by atoms with van der Waals surface area (Å²) in [6.45, 7) is 2.01. The summed E-state index contributed by atoms with van der Waals surface area (Å²) in [6.07, 6.45) is 4.85. The number of carbonyl (C=O) groups excluding carboxylic acids is 1. The molecule has 3 atom stereocenters. The average molecular weight is 295 g/mol. The van der Waals surface area contributed by atoms with Crippen molar-refractivity contribution in [2.45, 2.75) is 51.1 Å². The molecule has 1 fully saturated rings. The molecule has 1 aliphatic carbocycles. The van der Waals surface area contributed by atoms with Gasteiger partial charge in [-0.3, -0.25) is 4.79 Å². The number of amides is 1. The van der Waals surface area contributed by atoms with Crippen molar-refractivity contribution in [1.29, 1.82) is 0 Å². The highest BCUT2D eigenvalue weighted by Gasteiger charge is 2.28. The van der Waals surface area contributed by atoms with Crippen molar-refractivity contribution >= 4 is 17.5 Å². The quantitative estimate of drug-likeness (QED) is 0.897. The summed E-state index contributed by atoms with van der Waals surface area (Å²) in [5.74, 6) is 0.0641. The zero-order valence-corrected chi connectivity index (χ0v) is 12.7. The summed E-state index contributed by atoms with van der Waals surface area (Å²) in [5.41, 5.74) is 7.12. The van der Waals surface area contributed by atoms with Crippen molar-refractivity contribution in [2.75, 3.05) is 0 Å². The van der Waals surface area contributed by atoms with Crippen LogP contribution in [0.25, 0.3) is 0 Å². The van der Waals surface area contributed by atoms with Crippen LogP contribution in [0.3, 0.4) is 0 Å². The largest absolute Gasteiger partial charge is 0.353 e. The fraction of sp³-hybridized carbons (Fsp3) is 0.562. The Hall–Kier alpha value is -1.06. The first-order valence-electron chi connectivity index (χ1n) is 7.37. The number of carbonyl (C=O) groups is 1. The fourth-order valence-corrected chi connectivity index (χ4v) is 3.09. The van der Waals surface area contributed by atoms with Crippen molar-refractivity contribution in [3.05, 3.63) is 34.9 Å². The molecule has 0 aromatic heterocycles. The van der Waals surface area contributed by atoms with E-state index in [1.54, 1.807) is 0 Å². The minimum absolute atomic E-state index is 0.0104. The van der Waals surface area contributed by atoms with Gasteiger partial charge in [-0.2, -0.15) is 0 Å². The van der Waals surface area contributed by atoms with Crippen LogP contribution in [0, 0.1) is 5.92 Å². The molecular formula is C16H23ClN2O. The van der Waals surface area contributed by atoms with Crippen molar-refractivity contribution in [3.8, 4) is 0 Å². The molecule has 1 aromatic carbocycles. The second-order valence-electron chi connectivity index (χ2n) is 5.76. The van der Waals surface area contributed by atoms with Gasteiger partial charge in [-0.1, -0.05) is 42.6 Å². The Kier molecular flexibility index (Phi) is 5.44. The minimum atomic E-state index is -0.0301. The van der Waals surface area contributed by atoms with Crippen LogP contribution in [-0.2, 0) is 11.2 Å². The van der Waals surface area contributed by atoms with E-state index in [1.807, 2.05) is 31.2 Å².